The molecule has 0 amide bonds. The van der Waals surface area contributed by atoms with Crippen LogP contribution in [0.1, 0.15) is 74.5 Å². The van der Waals surface area contributed by atoms with Gasteiger partial charge in [0.05, 0.1) is 26.2 Å². The van der Waals surface area contributed by atoms with Crippen molar-refractivity contribution in [3.63, 3.8) is 0 Å². The number of methoxy groups -OCH3 is 2. The van der Waals surface area contributed by atoms with Crippen LogP contribution < -0.4 is 14.8 Å². The van der Waals surface area contributed by atoms with E-state index < -0.39 is 17.4 Å². The Hall–Kier alpha value is -5.48. The van der Waals surface area contributed by atoms with E-state index in [1.165, 1.54) is 20.3 Å². The van der Waals surface area contributed by atoms with Gasteiger partial charge in [-0.05, 0) is 138 Å². The van der Waals surface area contributed by atoms with Crippen molar-refractivity contribution in [2.24, 2.45) is 11.3 Å². The number of carbonyl (C=O) groups is 1. The average Bonchev–Trinajstić information content (AvgIpc) is 3.82. The SMILES string of the molecule is COc1cc(CC[C@@H](O)[C@H](C(=O)CCc2cc(O)c(O)c(OC)c2)[C@@]2(c3ccnc(Nc4ccc5cc(O)ccc5c4)c3)CCCC23CCCC3)ccc1O. The minimum atomic E-state index is -0.993. The number of rotatable bonds is 14. The molecule has 2 aliphatic rings. The van der Waals surface area contributed by atoms with Crippen molar-refractivity contribution in [1.82, 2.24) is 4.98 Å². The fourth-order valence-electron chi connectivity index (χ4n) is 9.84. The van der Waals surface area contributed by atoms with Crippen molar-refractivity contribution >= 4 is 28.1 Å². The van der Waals surface area contributed by atoms with E-state index in [-0.39, 0.29) is 52.8 Å². The van der Waals surface area contributed by atoms with E-state index in [0.29, 0.717) is 30.0 Å². The molecule has 0 aliphatic heterocycles. The van der Waals surface area contributed by atoms with E-state index >= 15 is 4.79 Å². The summed E-state index contributed by atoms with van der Waals surface area (Å²) in [6.45, 7) is 0. The van der Waals surface area contributed by atoms with Gasteiger partial charge in [0.15, 0.2) is 23.0 Å². The lowest BCUT2D eigenvalue weighted by molar-refractivity contribution is -0.133. The first-order valence-corrected chi connectivity index (χ1v) is 19.2. The van der Waals surface area contributed by atoms with Crippen molar-refractivity contribution in [2.45, 2.75) is 82.1 Å². The molecule has 0 radical (unpaired) electrons. The highest BCUT2D eigenvalue weighted by Crippen LogP contribution is 2.66. The van der Waals surface area contributed by atoms with Crippen molar-refractivity contribution in [1.29, 1.82) is 0 Å². The van der Waals surface area contributed by atoms with Crippen LogP contribution in [0, 0.1) is 11.3 Å². The normalized spacial score (nSPS) is 18.7. The number of Topliss-reactive ketones (excluding diaryl/α,β-unsaturated/α-hetero) is 1. The fraction of sp³-hybridized carbons (Fsp3) is 0.378. The molecule has 288 valence electrons. The standard InChI is InChI=1S/C45H50N2O8/c1-54-39-23-28(6-13-35(39)49)7-14-36(50)42(37(51)15-8-29-22-38(52)43(53)40(24-29)55-2)45(20-5-19-44(45)17-3-4-18-44)32-16-21-46-41(27-32)47-33-11-9-31-26-34(48)12-10-30(31)25-33/h6,9-13,16,21-27,36,42,48-50,52-53H,3-5,7-8,14-15,17-20H2,1-2H3,(H,46,47)/t36-,42-,45+/m1/s1. The van der Waals surface area contributed by atoms with Gasteiger partial charge in [0.1, 0.15) is 17.4 Å². The number of ether oxygens (including phenoxy) is 2. The number of aryl methyl sites for hydroxylation is 2. The topological polar surface area (TPSA) is 162 Å². The van der Waals surface area contributed by atoms with Crippen LogP contribution >= 0.6 is 0 Å². The lowest BCUT2D eigenvalue weighted by Crippen LogP contribution is -2.53. The van der Waals surface area contributed by atoms with Gasteiger partial charge in [-0.1, -0.05) is 37.5 Å². The van der Waals surface area contributed by atoms with E-state index in [1.54, 1.807) is 36.5 Å². The second-order valence-electron chi connectivity index (χ2n) is 15.3. The molecule has 7 rings (SSSR count). The lowest BCUT2D eigenvalue weighted by atomic mass is 9.52. The number of hydrogen-bond acceptors (Lipinski definition) is 10. The molecule has 2 fully saturated rings. The third-order valence-corrected chi connectivity index (χ3v) is 12.3. The highest BCUT2D eigenvalue weighted by molar-refractivity contribution is 5.87. The molecule has 1 aromatic heterocycles. The zero-order valence-electron chi connectivity index (χ0n) is 31.4. The number of benzene rings is 4. The molecule has 55 heavy (non-hydrogen) atoms. The van der Waals surface area contributed by atoms with Gasteiger partial charge >= 0.3 is 0 Å². The third kappa shape index (κ3) is 7.35. The van der Waals surface area contributed by atoms with Crippen molar-refractivity contribution in [3.8, 4) is 34.5 Å². The number of anilines is 2. The number of phenolic OH excluding ortho intramolecular Hbond substituents is 4. The highest BCUT2D eigenvalue weighted by atomic mass is 16.5. The first-order valence-electron chi connectivity index (χ1n) is 19.2. The van der Waals surface area contributed by atoms with Crippen LogP contribution in [0.5, 0.6) is 34.5 Å². The second kappa shape index (κ2) is 15.7. The van der Waals surface area contributed by atoms with E-state index in [1.807, 2.05) is 36.4 Å². The molecular formula is C45H50N2O8. The van der Waals surface area contributed by atoms with Crippen molar-refractivity contribution < 1.29 is 39.8 Å². The summed E-state index contributed by atoms with van der Waals surface area (Å²) in [6.07, 6.45) is 8.66. The summed E-state index contributed by atoms with van der Waals surface area (Å²) in [6, 6.07) is 23.5. The van der Waals surface area contributed by atoms with Crippen LogP contribution in [-0.4, -0.2) is 56.6 Å². The Kier molecular flexibility index (Phi) is 10.8. The molecule has 4 aromatic carbocycles. The first-order chi connectivity index (χ1) is 26.6. The number of fused-ring (bicyclic) bond motifs is 1. The van der Waals surface area contributed by atoms with Gasteiger partial charge in [-0.25, -0.2) is 4.98 Å². The van der Waals surface area contributed by atoms with Crippen molar-refractivity contribution in [3.05, 3.63) is 102 Å². The number of hydrogen-bond donors (Lipinski definition) is 6. The number of ketones is 1. The molecule has 6 N–H and O–H groups in total. The van der Waals surface area contributed by atoms with Crippen LogP contribution in [0.2, 0.25) is 0 Å². The number of aromatic nitrogens is 1. The monoisotopic (exact) mass is 746 g/mol. The Balaban J connectivity index is 1.28. The zero-order chi connectivity index (χ0) is 38.7. The summed E-state index contributed by atoms with van der Waals surface area (Å²) in [7, 11) is 2.91. The summed E-state index contributed by atoms with van der Waals surface area (Å²) in [5, 5.41) is 58.7. The van der Waals surface area contributed by atoms with Crippen LogP contribution in [0.25, 0.3) is 10.8 Å². The lowest BCUT2D eigenvalue weighted by Gasteiger charge is -2.51. The Morgan fingerprint density at radius 1 is 0.764 bits per heavy atom. The summed E-state index contributed by atoms with van der Waals surface area (Å²) < 4.78 is 10.6. The third-order valence-electron chi connectivity index (χ3n) is 12.3. The maximum Gasteiger partial charge on any atom is 0.200 e. The molecule has 0 bridgehead atoms. The van der Waals surface area contributed by atoms with Gasteiger partial charge in [0, 0.05) is 23.7 Å². The summed E-state index contributed by atoms with van der Waals surface area (Å²) in [5.74, 6) is -0.111. The molecule has 3 atom stereocenters. The molecule has 10 nitrogen and oxygen atoms in total. The predicted octanol–water partition coefficient (Wildman–Crippen LogP) is 8.61. The number of aromatic hydroxyl groups is 4. The Morgan fingerprint density at radius 3 is 2.27 bits per heavy atom. The van der Waals surface area contributed by atoms with Gasteiger partial charge in [-0.2, -0.15) is 0 Å². The van der Waals surface area contributed by atoms with E-state index in [2.05, 4.69) is 11.4 Å². The van der Waals surface area contributed by atoms with Gasteiger partial charge in [0.2, 0.25) is 5.75 Å². The maximum absolute atomic E-state index is 15.0. The van der Waals surface area contributed by atoms with Crippen LogP contribution in [-0.2, 0) is 23.1 Å². The largest absolute Gasteiger partial charge is 0.508 e. The average molecular weight is 747 g/mol. The summed E-state index contributed by atoms with van der Waals surface area (Å²) in [4.78, 5) is 19.8. The number of pyridine rings is 1. The number of aliphatic hydroxyl groups is 1. The molecule has 10 heteroatoms. The van der Waals surface area contributed by atoms with Gasteiger partial charge < -0.3 is 40.3 Å². The molecule has 0 unspecified atom stereocenters. The fourth-order valence-corrected chi connectivity index (χ4v) is 9.84. The zero-order valence-corrected chi connectivity index (χ0v) is 31.4. The van der Waals surface area contributed by atoms with E-state index in [9.17, 15) is 25.5 Å². The number of aliphatic hydroxyl groups excluding tert-OH is 1. The smallest absolute Gasteiger partial charge is 0.200 e. The molecular weight excluding hydrogens is 697 g/mol. The molecule has 1 spiro atoms. The summed E-state index contributed by atoms with van der Waals surface area (Å²) >= 11 is 0. The summed E-state index contributed by atoms with van der Waals surface area (Å²) in [5.41, 5.74) is 2.47. The quantitative estimate of drug-likeness (QED) is 0.0607. The Bertz CT molecular complexity index is 2180. The second-order valence-corrected chi connectivity index (χ2v) is 15.3. The number of nitrogens with one attached hydrogen (secondary N) is 1. The van der Waals surface area contributed by atoms with Crippen LogP contribution in [0.4, 0.5) is 11.5 Å². The van der Waals surface area contributed by atoms with Crippen LogP contribution in [0.3, 0.4) is 0 Å². The Morgan fingerprint density at radius 2 is 1.49 bits per heavy atom. The Labute approximate surface area is 321 Å². The van der Waals surface area contributed by atoms with E-state index in [0.717, 1.165) is 72.5 Å². The molecule has 5 aromatic rings. The number of phenols is 4. The van der Waals surface area contributed by atoms with Gasteiger partial charge in [-0.3, -0.25) is 4.79 Å². The first kappa shape index (κ1) is 37.8. The molecule has 2 saturated carbocycles. The van der Waals surface area contributed by atoms with Crippen LogP contribution in [0.15, 0.2) is 85.1 Å². The molecule has 1 heterocycles. The molecule has 2 aliphatic carbocycles. The van der Waals surface area contributed by atoms with Gasteiger partial charge in [-0.15, -0.1) is 0 Å². The van der Waals surface area contributed by atoms with E-state index in [4.69, 9.17) is 14.5 Å². The molecule has 0 saturated heterocycles. The van der Waals surface area contributed by atoms with Gasteiger partial charge in [0.25, 0.3) is 0 Å². The van der Waals surface area contributed by atoms with Crippen molar-refractivity contribution in [2.75, 3.05) is 19.5 Å². The number of carbonyl (C=O) groups excluding carboxylic acids is 1. The minimum absolute atomic E-state index is 0.0370. The highest BCUT2D eigenvalue weighted by Gasteiger charge is 2.62. The minimum Gasteiger partial charge on any atom is -0.508 e. The maximum atomic E-state index is 15.0. The predicted molar refractivity (Wildman–Crippen MR) is 212 cm³/mol. The number of nitrogens with zero attached hydrogens (tertiary/aromatic N) is 1.